The summed E-state index contributed by atoms with van der Waals surface area (Å²) < 4.78 is 5.65. The minimum atomic E-state index is 0.0501. The number of nitrogen functional groups attached to an aromatic ring is 1. The second kappa shape index (κ2) is 3.96. The van der Waals surface area contributed by atoms with Gasteiger partial charge in [-0.05, 0) is 36.7 Å². The molecule has 0 saturated carbocycles. The van der Waals surface area contributed by atoms with Gasteiger partial charge < -0.3 is 10.2 Å². The van der Waals surface area contributed by atoms with Crippen molar-refractivity contribution in [2.45, 2.75) is 6.92 Å². The van der Waals surface area contributed by atoms with Gasteiger partial charge in [-0.3, -0.25) is 0 Å². The van der Waals surface area contributed by atoms with Gasteiger partial charge in [-0.15, -0.1) is 0 Å². The number of hydrogen-bond acceptors (Lipinski definition) is 5. The van der Waals surface area contributed by atoms with Gasteiger partial charge in [0.05, 0.1) is 0 Å². The Balaban J connectivity index is 2.19. The Bertz CT molecular complexity index is 718. The zero-order valence-corrected chi connectivity index (χ0v) is 10.3. The van der Waals surface area contributed by atoms with Gasteiger partial charge in [0.1, 0.15) is 5.58 Å². The molecule has 0 saturated heterocycles. The summed E-state index contributed by atoms with van der Waals surface area (Å²) >= 11 is 5.74. The summed E-state index contributed by atoms with van der Waals surface area (Å²) in [5, 5.41) is 1.04. The fourth-order valence-corrected chi connectivity index (χ4v) is 1.92. The molecule has 5 nitrogen and oxygen atoms in total. The number of fused-ring (bicyclic) bond motifs is 1. The Hall–Kier alpha value is -2.14. The van der Waals surface area contributed by atoms with Crippen LogP contribution in [0.15, 0.2) is 28.7 Å². The van der Waals surface area contributed by atoms with E-state index in [1.165, 1.54) is 0 Å². The third-order valence-electron chi connectivity index (χ3n) is 2.52. The molecular formula is C12H9ClN4O. The number of hydrogen-bond donors (Lipinski definition) is 1. The highest BCUT2D eigenvalue weighted by molar-refractivity contribution is 6.28. The molecule has 0 amide bonds. The first-order valence-electron chi connectivity index (χ1n) is 5.29. The first-order chi connectivity index (χ1) is 8.61. The number of nitrogens with two attached hydrogens (primary N) is 1. The molecule has 6 heteroatoms. The smallest absolute Gasteiger partial charge is 0.227 e. The first kappa shape index (κ1) is 11.0. The van der Waals surface area contributed by atoms with Crippen LogP contribution in [0.4, 0.5) is 5.95 Å². The Morgan fingerprint density at radius 2 is 2.00 bits per heavy atom. The van der Waals surface area contributed by atoms with Crippen molar-refractivity contribution in [3.05, 3.63) is 35.1 Å². The monoisotopic (exact) mass is 260 g/mol. The molecule has 3 aromatic rings. The summed E-state index contributed by atoms with van der Waals surface area (Å²) in [7, 11) is 0. The van der Waals surface area contributed by atoms with Crippen LogP contribution in [0, 0.1) is 6.92 Å². The van der Waals surface area contributed by atoms with Crippen molar-refractivity contribution in [2.24, 2.45) is 0 Å². The van der Waals surface area contributed by atoms with Crippen LogP contribution in [0.1, 0.15) is 5.56 Å². The summed E-state index contributed by atoms with van der Waals surface area (Å²) in [6, 6.07) is 7.76. The quantitative estimate of drug-likeness (QED) is 0.728. The lowest BCUT2D eigenvalue weighted by Gasteiger charge is -1.96. The summed E-state index contributed by atoms with van der Waals surface area (Å²) in [6.45, 7) is 2.02. The summed E-state index contributed by atoms with van der Waals surface area (Å²) in [4.78, 5) is 11.7. The molecule has 0 fully saturated rings. The largest absolute Gasteiger partial charge is 0.453 e. The molecule has 0 spiro atoms. The zero-order chi connectivity index (χ0) is 12.7. The number of halogens is 1. The highest BCUT2D eigenvalue weighted by atomic mass is 35.5. The minimum Gasteiger partial charge on any atom is -0.453 e. The lowest BCUT2D eigenvalue weighted by Crippen LogP contribution is -1.99. The molecule has 3 rings (SSSR count). The van der Waals surface area contributed by atoms with E-state index in [2.05, 4.69) is 15.0 Å². The normalized spacial score (nSPS) is 11.0. The molecule has 2 aromatic heterocycles. The SMILES string of the molecule is Cc1ccc2oc(-c3nc(N)nc(Cl)n3)cc2c1. The van der Waals surface area contributed by atoms with E-state index >= 15 is 0 Å². The highest BCUT2D eigenvalue weighted by Gasteiger charge is 2.11. The van der Waals surface area contributed by atoms with E-state index in [4.69, 9.17) is 21.8 Å². The Labute approximate surface area is 108 Å². The average Bonchev–Trinajstić information content (AvgIpc) is 2.70. The van der Waals surface area contributed by atoms with E-state index in [0.717, 1.165) is 16.5 Å². The molecule has 18 heavy (non-hydrogen) atoms. The number of nitrogens with zero attached hydrogens (tertiary/aromatic N) is 3. The summed E-state index contributed by atoms with van der Waals surface area (Å²) in [5.41, 5.74) is 7.45. The fourth-order valence-electron chi connectivity index (χ4n) is 1.75. The van der Waals surface area contributed by atoms with Gasteiger partial charge >= 0.3 is 0 Å². The molecule has 0 atom stereocenters. The molecule has 0 aliphatic heterocycles. The Morgan fingerprint density at radius 3 is 2.78 bits per heavy atom. The van der Waals surface area contributed by atoms with Gasteiger partial charge in [-0.1, -0.05) is 11.6 Å². The van der Waals surface area contributed by atoms with E-state index in [0.29, 0.717) is 11.6 Å². The van der Waals surface area contributed by atoms with Crippen LogP contribution in [0.2, 0.25) is 5.28 Å². The zero-order valence-electron chi connectivity index (χ0n) is 9.51. The van der Waals surface area contributed by atoms with Gasteiger partial charge in [-0.2, -0.15) is 15.0 Å². The van der Waals surface area contributed by atoms with Crippen LogP contribution < -0.4 is 5.73 Å². The number of benzene rings is 1. The van der Waals surface area contributed by atoms with Crippen molar-refractivity contribution < 1.29 is 4.42 Å². The van der Waals surface area contributed by atoms with Gasteiger partial charge in [0.2, 0.25) is 17.1 Å². The van der Waals surface area contributed by atoms with Crippen LogP contribution >= 0.6 is 11.6 Å². The molecule has 2 heterocycles. The maximum absolute atomic E-state index is 5.74. The number of aryl methyl sites for hydroxylation is 1. The van der Waals surface area contributed by atoms with Crippen molar-refractivity contribution in [3.63, 3.8) is 0 Å². The maximum Gasteiger partial charge on any atom is 0.227 e. The van der Waals surface area contributed by atoms with Crippen molar-refractivity contribution in [1.29, 1.82) is 0 Å². The maximum atomic E-state index is 5.74. The molecule has 90 valence electrons. The highest BCUT2D eigenvalue weighted by Crippen LogP contribution is 2.26. The fraction of sp³-hybridized carbons (Fsp3) is 0.0833. The van der Waals surface area contributed by atoms with Crippen LogP contribution in [0.25, 0.3) is 22.6 Å². The topological polar surface area (TPSA) is 77.8 Å². The number of anilines is 1. The predicted molar refractivity (Wildman–Crippen MR) is 69.2 cm³/mol. The van der Waals surface area contributed by atoms with E-state index in [1.54, 1.807) is 0 Å². The van der Waals surface area contributed by atoms with Gasteiger partial charge in [-0.25, -0.2) is 0 Å². The second-order valence-electron chi connectivity index (χ2n) is 3.94. The van der Waals surface area contributed by atoms with Gasteiger partial charge in [0, 0.05) is 5.39 Å². The molecule has 0 radical (unpaired) electrons. The lowest BCUT2D eigenvalue weighted by molar-refractivity contribution is 0.624. The summed E-state index contributed by atoms with van der Waals surface area (Å²) in [6.07, 6.45) is 0. The number of furan rings is 1. The first-order valence-corrected chi connectivity index (χ1v) is 5.67. The van der Waals surface area contributed by atoms with Crippen LogP contribution in [0.3, 0.4) is 0 Å². The van der Waals surface area contributed by atoms with E-state index in [9.17, 15) is 0 Å². The Kier molecular flexibility index (Phi) is 2.41. The number of aromatic nitrogens is 3. The minimum absolute atomic E-state index is 0.0501. The van der Waals surface area contributed by atoms with Crippen molar-refractivity contribution >= 4 is 28.5 Å². The summed E-state index contributed by atoms with van der Waals surface area (Å²) in [5.74, 6) is 0.926. The van der Waals surface area contributed by atoms with Crippen LogP contribution in [-0.4, -0.2) is 15.0 Å². The molecule has 0 aliphatic carbocycles. The average molecular weight is 261 g/mol. The molecule has 0 bridgehead atoms. The molecular weight excluding hydrogens is 252 g/mol. The Morgan fingerprint density at radius 1 is 1.17 bits per heavy atom. The predicted octanol–water partition coefficient (Wildman–Crippen LogP) is 2.83. The number of rotatable bonds is 1. The van der Waals surface area contributed by atoms with Crippen LogP contribution in [0.5, 0.6) is 0 Å². The molecule has 1 aromatic carbocycles. The second-order valence-corrected chi connectivity index (χ2v) is 4.28. The molecule has 0 aliphatic rings. The third kappa shape index (κ3) is 1.89. The molecule has 0 unspecified atom stereocenters. The van der Waals surface area contributed by atoms with Crippen LogP contribution in [-0.2, 0) is 0 Å². The van der Waals surface area contributed by atoms with Crippen molar-refractivity contribution in [3.8, 4) is 11.6 Å². The van der Waals surface area contributed by atoms with E-state index < -0.39 is 0 Å². The van der Waals surface area contributed by atoms with E-state index in [1.807, 2.05) is 31.2 Å². The lowest BCUT2D eigenvalue weighted by atomic mass is 10.2. The van der Waals surface area contributed by atoms with Crippen molar-refractivity contribution in [2.75, 3.05) is 5.73 Å². The van der Waals surface area contributed by atoms with Gasteiger partial charge in [0.15, 0.2) is 5.76 Å². The molecule has 2 N–H and O–H groups in total. The van der Waals surface area contributed by atoms with Crippen molar-refractivity contribution in [1.82, 2.24) is 15.0 Å². The third-order valence-corrected chi connectivity index (χ3v) is 2.69. The van der Waals surface area contributed by atoms with Gasteiger partial charge in [0.25, 0.3) is 0 Å². The van der Waals surface area contributed by atoms with E-state index in [-0.39, 0.29) is 11.2 Å². The standard InChI is InChI=1S/C12H9ClN4O/c1-6-2-3-8-7(4-6)5-9(18-8)10-15-11(13)17-12(14)16-10/h2-5H,1H3,(H2,14,15,16,17).